The molecule has 1 saturated heterocycles. The van der Waals surface area contributed by atoms with Crippen LogP contribution in [0, 0.1) is 5.82 Å². The van der Waals surface area contributed by atoms with Crippen molar-refractivity contribution in [3.05, 3.63) is 42.3 Å². The number of carbonyl (C=O) groups excluding carboxylic acids is 1. The second-order valence-electron chi connectivity index (χ2n) is 7.02. The van der Waals surface area contributed by atoms with E-state index < -0.39 is 5.82 Å². The van der Waals surface area contributed by atoms with Gasteiger partial charge < -0.3 is 25.4 Å². The Labute approximate surface area is 169 Å². The number of nitrogens with two attached hydrogens (primary N) is 1. The predicted molar refractivity (Wildman–Crippen MR) is 108 cm³/mol. The molecule has 0 radical (unpaired) electrons. The van der Waals surface area contributed by atoms with E-state index in [0.29, 0.717) is 42.9 Å². The molecule has 29 heavy (non-hydrogen) atoms. The minimum Gasteiger partial charge on any atom is -0.454 e. The second-order valence-corrected chi connectivity index (χ2v) is 7.02. The van der Waals surface area contributed by atoms with Gasteiger partial charge in [0.25, 0.3) is 0 Å². The molecule has 4 N–H and O–H groups in total. The lowest BCUT2D eigenvalue weighted by molar-refractivity contribution is 0.122. The molecule has 8 nitrogen and oxygen atoms in total. The van der Waals surface area contributed by atoms with Gasteiger partial charge in [0.05, 0.1) is 6.61 Å². The molecule has 1 aliphatic heterocycles. The van der Waals surface area contributed by atoms with Crippen LogP contribution in [-0.4, -0.2) is 65.3 Å². The van der Waals surface area contributed by atoms with Crippen LogP contribution in [0.4, 0.5) is 20.7 Å². The first-order valence-corrected chi connectivity index (χ1v) is 9.52. The van der Waals surface area contributed by atoms with E-state index in [1.807, 2.05) is 7.05 Å². The Kier molecular flexibility index (Phi) is 6.84. The van der Waals surface area contributed by atoms with E-state index >= 15 is 0 Å². The van der Waals surface area contributed by atoms with Gasteiger partial charge >= 0.3 is 6.03 Å². The van der Waals surface area contributed by atoms with Crippen molar-refractivity contribution in [2.75, 3.05) is 44.3 Å². The number of hydrogen-bond acceptors (Lipinski definition) is 6. The van der Waals surface area contributed by atoms with Gasteiger partial charge in [0.15, 0.2) is 11.6 Å². The predicted octanol–water partition coefficient (Wildman–Crippen LogP) is 2.52. The van der Waals surface area contributed by atoms with Crippen LogP contribution < -0.4 is 15.8 Å². The van der Waals surface area contributed by atoms with Crippen LogP contribution in [0.25, 0.3) is 0 Å². The monoisotopic (exact) mass is 403 g/mol. The summed E-state index contributed by atoms with van der Waals surface area (Å²) >= 11 is 0. The fourth-order valence-electron chi connectivity index (χ4n) is 3.31. The normalized spacial score (nSPS) is 14.8. The summed E-state index contributed by atoms with van der Waals surface area (Å²) in [6.07, 6.45) is 3.17. The number of anilines is 2. The number of likely N-dealkylation sites (N-methyl/N-ethyl adjacent to an activating group) is 1. The Morgan fingerprint density at radius 1 is 1.38 bits per heavy atom. The number of rotatable bonds is 6. The van der Waals surface area contributed by atoms with Crippen molar-refractivity contribution in [2.24, 2.45) is 0 Å². The Morgan fingerprint density at radius 2 is 2.14 bits per heavy atom. The maximum Gasteiger partial charge on any atom is 0.323 e. The van der Waals surface area contributed by atoms with Gasteiger partial charge in [-0.05, 0) is 38.1 Å². The highest BCUT2D eigenvalue weighted by Gasteiger charge is 2.25. The van der Waals surface area contributed by atoms with Gasteiger partial charge in [-0.25, -0.2) is 14.2 Å². The Morgan fingerprint density at radius 3 is 2.83 bits per heavy atom. The van der Waals surface area contributed by atoms with Crippen molar-refractivity contribution in [3.63, 3.8) is 0 Å². The molecule has 0 unspecified atom stereocenters. The van der Waals surface area contributed by atoms with E-state index in [4.69, 9.17) is 15.6 Å². The van der Waals surface area contributed by atoms with Crippen LogP contribution >= 0.6 is 0 Å². The van der Waals surface area contributed by atoms with Crippen molar-refractivity contribution in [1.82, 2.24) is 14.8 Å². The summed E-state index contributed by atoms with van der Waals surface area (Å²) in [7, 11) is 1.98. The summed E-state index contributed by atoms with van der Waals surface area (Å²) < 4.78 is 19.4. The Balaban J connectivity index is 1.57. The van der Waals surface area contributed by atoms with Gasteiger partial charge in [-0.1, -0.05) is 0 Å². The molecule has 156 valence electrons. The molecule has 0 atom stereocenters. The van der Waals surface area contributed by atoms with Crippen LogP contribution in [0.15, 0.2) is 36.5 Å². The first-order chi connectivity index (χ1) is 14.0. The van der Waals surface area contributed by atoms with Gasteiger partial charge in [0.2, 0.25) is 0 Å². The highest BCUT2D eigenvalue weighted by Crippen LogP contribution is 2.27. The molecule has 1 fully saturated rings. The zero-order valence-corrected chi connectivity index (χ0v) is 16.3. The number of aromatic nitrogens is 1. The minimum atomic E-state index is -0.568. The van der Waals surface area contributed by atoms with E-state index in [1.165, 1.54) is 24.4 Å². The maximum atomic E-state index is 13.9. The van der Waals surface area contributed by atoms with Gasteiger partial charge in [-0.15, -0.1) is 0 Å². The highest BCUT2D eigenvalue weighted by atomic mass is 19.1. The summed E-state index contributed by atoms with van der Waals surface area (Å²) in [4.78, 5) is 20.5. The van der Waals surface area contributed by atoms with E-state index in [2.05, 4.69) is 15.2 Å². The van der Waals surface area contributed by atoms with E-state index in [0.717, 1.165) is 12.8 Å². The molecule has 0 spiro atoms. The zero-order valence-electron chi connectivity index (χ0n) is 16.3. The van der Waals surface area contributed by atoms with Crippen molar-refractivity contribution in [3.8, 4) is 11.5 Å². The lowest BCUT2D eigenvalue weighted by atomic mass is 10.0. The third kappa shape index (κ3) is 5.55. The summed E-state index contributed by atoms with van der Waals surface area (Å²) in [5.41, 5.74) is 5.85. The number of nitrogens with zero attached hydrogens (tertiary/aromatic N) is 3. The van der Waals surface area contributed by atoms with E-state index in [9.17, 15) is 9.18 Å². The number of carbonyl (C=O) groups is 1. The van der Waals surface area contributed by atoms with Crippen molar-refractivity contribution >= 4 is 17.5 Å². The molecule has 1 aromatic heterocycles. The number of ether oxygens (including phenoxy) is 1. The molecule has 9 heteroatoms. The third-order valence-corrected chi connectivity index (χ3v) is 4.98. The first-order valence-electron chi connectivity index (χ1n) is 9.52. The van der Waals surface area contributed by atoms with Gasteiger partial charge in [-0.3, -0.25) is 5.32 Å². The fraction of sp³-hybridized carbons (Fsp3) is 0.400. The van der Waals surface area contributed by atoms with E-state index in [1.54, 1.807) is 17.0 Å². The fourth-order valence-corrected chi connectivity index (χ4v) is 3.31. The number of halogens is 1. The van der Waals surface area contributed by atoms with Gasteiger partial charge in [0, 0.05) is 49.7 Å². The molecule has 2 heterocycles. The first kappa shape index (κ1) is 20.8. The number of aliphatic hydroxyl groups excluding tert-OH is 1. The summed E-state index contributed by atoms with van der Waals surface area (Å²) in [6.45, 7) is 2.00. The molecule has 0 aliphatic carbocycles. The number of hydrogen-bond donors (Lipinski definition) is 3. The number of benzene rings is 1. The van der Waals surface area contributed by atoms with Crippen LogP contribution in [0.2, 0.25) is 0 Å². The molecule has 3 rings (SSSR count). The number of likely N-dealkylation sites (tertiary alicyclic amines) is 1. The summed E-state index contributed by atoms with van der Waals surface area (Å²) in [5, 5.41) is 11.8. The number of nitrogen functional groups attached to an aromatic ring is 1. The Hall–Kier alpha value is -2.91. The Bertz CT molecular complexity index is 843. The van der Waals surface area contributed by atoms with Crippen LogP contribution in [-0.2, 0) is 0 Å². The minimum absolute atomic E-state index is 0.0387. The maximum absolute atomic E-state index is 13.9. The number of amides is 2. The topological polar surface area (TPSA) is 104 Å². The summed E-state index contributed by atoms with van der Waals surface area (Å²) in [6, 6.07) is 7.41. The molecule has 0 bridgehead atoms. The molecule has 2 amide bonds. The molecular weight excluding hydrogens is 377 g/mol. The number of pyridine rings is 1. The van der Waals surface area contributed by atoms with Crippen molar-refractivity contribution < 1.29 is 19.0 Å². The number of piperidine rings is 1. The average molecular weight is 403 g/mol. The smallest absolute Gasteiger partial charge is 0.323 e. The van der Waals surface area contributed by atoms with Gasteiger partial charge in [0.1, 0.15) is 11.6 Å². The van der Waals surface area contributed by atoms with E-state index in [-0.39, 0.29) is 18.4 Å². The van der Waals surface area contributed by atoms with Crippen molar-refractivity contribution in [2.45, 2.75) is 18.9 Å². The quantitative estimate of drug-likeness (QED) is 0.641. The van der Waals surface area contributed by atoms with Crippen LogP contribution in [0.5, 0.6) is 11.5 Å². The number of aliphatic hydroxyl groups is 1. The lowest BCUT2D eigenvalue weighted by Gasteiger charge is -2.36. The molecule has 1 aromatic carbocycles. The van der Waals surface area contributed by atoms with Crippen LogP contribution in [0.1, 0.15) is 12.8 Å². The second kappa shape index (κ2) is 9.53. The van der Waals surface area contributed by atoms with Crippen LogP contribution in [0.3, 0.4) is 0 Å². The number of nitrogens with one attached hydrogen (secondary N) is 1. The standard InChI is InChI=1S/C20H26FN5O3/c1-25(10-11-27)15-5-8-26(9-6-15)20(28)24-19-13-16(4-7-23-19)29-18-3-2-14(22)12-17(18)21/h2-4,7,12-13,15,27H,5-6,8-11,22H2,1H3,(H,23,24,28). The van der Waals surface area contributed by atoms with Crippen molar-refractivity contribution in [1.29, 1.82) is 0 Å². The average Bonchev–Trinajstić information content (AvgIpc) is 2.71. The summed E-state index contributed by atoms with van der Waals surface area (Å²) in [5.74, 6) is 0.143. The third-order valence-electron chi connectivity index (χ3n) is 4.98. The molecule has 1 aliphatic rings. The molecular formula is C20H26FN5O3. The highest BCUT2D eigenvalue weighted by molar-refractivity contribution is 5.88. The largest absolute Gasteiger partial charge is 0.454 e. The number of urea groups is 1. The molecule has 2 aromatic rings. The van der Waals surface area contributed by atoms with Gasteiger partial charge in [-0.2, -0.15) is 0 Å². The lowest BCUT2D eigenvalue weighted by Crippen LogP contribution is -2.47. The molecule has 0 saturated carbocycles. The zero-order chi connectivity index (χ0) is 20.8. The SMILES string of the molecule is CN(CCO)C1CCN(C(=O)Nc2cc(Oc3ccc(N)cc3F)ccn2)CC1.